The SMILES string of the molecule is Oc1ccc(C(=S)Nc2ccc(Cl)c(F)c2)c(O)c1. The maximum atomic E-state index is 13.3. The van der Waals surface area contributed by atoms with Gasteiger partial charge < -0.3 is 15.5 Å². The van der Waals surface area contributed by atoms with Gasteiger partial charge in [0, 0.05) is 11.8 Å². The standard InChI is InChI=1S/C13H9ClFNO2S/c14-10-4-1-7(5-11(10)15)16-13(19)9-3-2-8(17)6-12(9)18/h1-6,17-18H,(H,16,19). The van der Waals surface area contributed by atoms with E-state index in [4.69, 9.17) is 23.8 Å². The number of halogens is 2. The van der Waals surface area contributed by atoms with E-state index in [9.17, 15) is 14.6 Å². The highest BCUT2D eigenvalue weighted by atomic mass is 35.5. The molecule has 0 saturated carbocycles. The second-order valence-corrected chi connectivity index (χ2v) is 4.60. The van der Waals surface area contributed by atoms with Crippen LogP contribution in [-0.4, -0.2) is 15.2 Å². The lowest BCUT2D eigenvalue weighted by molar-refractivity contribution is 0.450. The summed E-state index contributed by atoms with van der Waals surface area (Å²) in [5.74, 6) is -0.794. The smallest absolute Gasteiger partial charge is 0.143 e. The molecule has 2 rings (SSSR count). The minimum atomic E-state index is -0.565. The zero-order valence-corrected chi connectivity index (χ0v) is 11.1. The van der Waals surface area contributed by atoms with Crippen LogP contribution in [-0.2, 0) is 0 Å². The largest absolute Gasteiger partial charge is 0.508 e. The molecule has 3 nitrogen and oxygen atoms in total. The lowest BCUT2D eigenvalue weighted by atomic mass is 10.2. The molecule has 2 aromatic rings. The van der Waals surface area contributed by atoms with Gasteiger partial charge in [0.25, 0.3) is 0 Å². The number of rotatable bonds is 2. The number of nitrogens with one attached hydrogen (secondary N) is 1. The van der Waals surface area contributed by atoms with Crippen molar-refractivity contribution < 1.29 is 14.6 Å². The van der Waals surface area contributed by atoms with E-state index in [0.29, 0.717) is 11.3 Å². The van der Waals surface area contributed by atoms with Crippen molar-refractivity contribution in [3.8, 4) is 11.5 Å². The molecule has 0 spiro atoms. The Hall–Kier alpha value is -1.85. The molecule has 0 saturated heterocycles. The molecule has 98 valence electrons. The summed E-state index contributed by atoms with van der Waals surface area (Å²) in [7, 11) is 0. The van der Waals surface area contributed by atoms with Crippen LogP contribution < -0.4 is 5.32 Å². The zero-order chi connectivity index (χ0) is 14.0. The third-order valence-electron chi connectivity index (χ3n) is 2.40. The summed E-state index contributed by atoms with van der Waals surface area (Å²) in [6.07, 6.45) is 0. The van der Waals surface area contributed by atoms with E-state index in [2.05, 4.69) is 5.32 Å². The van der Waals surface area contributed by atoms with Crippen LogP contribution in [0.25, 0.3) is 0 Å². The quantitative estimate of drug-likeness (QED) is 0.740. The van der Waals surface area contributed by atoms with Crippen molar-refractivity contribution in [3.05, 3.63) is 52.8 Å². The third-order valence-corrected chi connectivity index (χ3v) is 3.03. The molecule has 0 aliphatic heterocycles. The molecule has 0 aliphatic carbocycles. The summed E-state index contributed by atoms with van der Waals surface area (Å²) in [6.45, 7) is 0. The van der Waals surface area contributed by atoms with Crippen molar-refractivity contribution in [2.45, 2.75) is 0 Å². The number of anilines is 1. The molecule has 0 heterocycles. The number of benzene rings is 2. The maximum Gasteiger partial charge on any atom is 0.143 e. The summed E-state index contributed by atoms with van der Waals surface area (Å²) in [5.41, 5.74) is 0.752. The monoisotopic (exact) mass is 297 g/mol. The van der Waals surface area contributed by atoms with Gasteiger partial charge in [-0.25, -0.2) is 4.39 Å². The second kappa shape index (κ2) is 5.42. The van der Waals surface area contributed by atoms with E-state index in [-0.39, 0.29) is 21.5 Å². The maximum absolute atomic E-state index is 13.3. The number of hydrogen-bond donors (Lipinski definition) is 3. The fourth-order valence-electron chi connectivity index (χ4n) is 1.48. The highest BCUT2D eigenvalue weighted by Crippen LogP contribution is 2.25. The van der Waals surface area contributed by atoms with Crippen LogP contribution in [0.5, 0.6) is 11.5 Å². The van der Waals surface area contributed by atoms with Crippen LogP contribution in [0.4, 0.5) is 10.1 Å². The van der Waals surface area contributed by atoms with Gasteiger partial charge in [0.15, 0.2) is 0 Å². The molecular formula is C13H9ClFNO2S. The van der Waals surface area contributed by atoms with Crippen molar-refractivity contribution in [3.63, 3.8) is 0 Å². The molecule has 0 amide bonds. The first kappa shape index (κ1) is 13.6. The minimum absolute atomic E-state index is 0.0175. The fourth-order valence-corrected chi connectivity index (χ4v) is 1.89. The zero-order valence-electron chi connectivity index (χ0n) is 9.52. The normalized spacial score (nSPS) is 10.2. The van der Waals surface area contributed by atoms with Crippen LogP contribution >= 0.6 is 23.8 Å². The van der Waals surface area contributed by atoms with Crippen molar-refractivity contribution in [2.75, 3.05) is 5.32 Å². The first-order valence-corrected chi connectivity index (χ1v) is 6.04. The highest BCUT2D eigenvalue weighted by Gasteiger charge is 2.09. The Morgan fingerprint density at radius 3 is 2.53 bits per heavy atom. The number of thiocarbonyl (C=S) groups is 1. The predicted molar refractivity (Wildman–Crippen MR) is 76.5 cm³/mol. The van der Waals surface area contributed by atoms with E-state index in [1.54, 1.807) is 6.07 Å². The van der Waals surface area contributed by atoms with Crippen LogP contribution in [0.3, 0.4) is 0 Å². The molecule has 0 atom stereocenters. The lowest BCUT2D eigenvalue weighted by Gasteiger charge is -2.10. The van der Waals surface area contributed by atoms with Crippen LogP contribution in [0, 0.1) is 5.82 Å². The first-order chi connectivity index (χ1) is 8.97. The first-order valence-electron chi connectivity index (χ1n) is 5.26. The fraction of sp³-hybridized carbons (Fsp3) is 0. The Morgan fingerprint density at radius 2 is 1.89 bits per heavy atom. The summed E-state index contributed by atoms with van der Waals surface area (Å²) in [4.78, 5) is 0.208. The third kappa shape index (κ3) is 3.13. The average molecular weight is 298 g/mol. The van der Waals surface area contributed by atoms with E-state index in [1.807, 2.05) is 0 Å². The summed E-state index contributed by atoms with van der Waals surface area (Å²) < 4.78 is 13.3. The number of aromatic hydroxyl groups is 2. The molecule has 6 heteroatoms. The summed E-state index contributed by atoms with van der Waals surface area (Å²) >= 11 is 10.7. The molecule has 0 aromatic heterocycles. The van der Waals surface area contributed by atoms with Gasteiger partial charge >= 0.3 is 0 Å². The van der Waals surface area contributed by atoms with Gasteiger partial charge in [-0.15, -0.1) is 0 Å². The second-order valence-electron chi connectivity index (χ2n) is 3.78. The van der Waals surface area contributed by atoms with Gasteiger partial charge in [-0.3, -0.25) is 0 Å². The van der Waals surface area contributed by atoms with Crippen LogP contribution in [0.15, 0.2) is 36.4 Å². The van der Waals surface area contributed by atoms with Gasteiger partial charge in [-0.05, 0) is 30.3 Å². The Labute approximate surface area is 119 Å². The molecule has 0 bridgehead atoms. The number of hydrogen-bond acceptors (Lipinski definition) is 3. The Balaban J connectivity index is 2.23. The molecule has 0 unspecified atom stereocenters. The molecule has 0 radical (unpaired) electrons. The van der Waals surface area contributed by atoms with Gasteiger partial charge in [0.2, 0.25) is 0 Å². The van der Waals surface area contributed by atoms with Crippen molar-refractivity contribution in [1.82, 2.24) is 0 Å². The van der Waals surface area contributed by atoms with Crippen molar-refractivity contribution >= 4 is 34.5 Å². The molecule has 0 fully saturated rings. The van der Waals surface area contributed by atoms with Gasteiger partial charge in [0.05, 0.1) is 10.6 Å². The predicted octanol–water partition coefficient (Wildman–Crippen LogP) is 3.68. The van der Waals surface area contributed by atoms with E-state index in [0.717, 1.165) is 0 Å². The van der Waals surface area contributed by atoms with Crippen molar-refractivity contribution in [2.24, 2.45) is 0 Å². The van der Waals surface area contributed by atoms with Gasteiger partial charge in [-0.1, -0.05) is 23.8 Å². The molecular weight excluding hydrogens is 289 g/mol. The Kier molecular flexibility index (Phi) is 3.87. The topological polar surface area (TPSA) is 52.5 Å². The van der Waals surface area contributed by atoms with E-state index < -0.39 is 5.82 Å². The number of phenols is 2. The van der Waals surface area contributed by atoms with Crippen LogP contribution in [0.1, 0.15) is 5.56 Å². The van der Waals surface area contributed by atoms with Crippen molar-refractivity contribution in [1.29, 1.82) is 0 Å². The van der Waals surface area contributed by atoms with E-state index >= 15 is 0 Å². The molecule has 0 aliphatic rings. The molecule has 2 aromatic carbocycles. The van der Waals surface area contributed by atoms with E-state index in [1.165, 1.54) is 30.3 Å². The number of phenolic OH excluding ortho intramolecular Hbond substituents is 2. The molecule has 3 N–H and O–H groups in total. The Bertz CT molecular complexity index is 649. The minimum Gasteiger partial charge on any atom is -0.508 e. The average Bonchev–Trinajstić information content (AvgIpc) is 2.33. The molecule has 19 heavy (non-hydrogen) atoms. The van der Waals surface area contributed by atoms with Gasteiger partial charge in [-0.2, -0.15) is 0 Å². The summed E-state index contributed by atoms with van der Waals surface area (Å²) in [6, 6.07) is 8.20. The highest BCUT2D eigenvalue weighted by molar-refractivity contribution is 7.81. The van der Waals surface area contributed by atoms with Gasteiger partial charge in [0.1, 0.15) is 22.3 Å². The Morgan fingerprint density at radius 1 is 1.16 bits per heavy atom. The van der Waals surface area contributed by atoms with Crippen LogP contribution in [0.2, 0.25) is 5.02 Å². The summed E-state index contributed by atoms with van der Waals surface area (Å²) in [5, 5.41) is 21.6. The lowest BCUT2D eigenvalue weighted by Crippen LogP contribution is -2.10.